The summed E-state index contributed by atoms with van der Waals surface area (Å²) in [5, 5.41) is 0.475. The van der Waals surface area contributed by atoms with Crippen LogP contribution in [-0.2, 0) is 9.59 Å². The molecule has 2 rings (SSSR count). The highest BCUT2D eigenvalue weighted by Gasteiger charge is 2.24. The van der Waals surface area contributed by atoms with Crippen molar-refractivity contribution in [2.75, 3.05) is 31.1 Å². The van der Waals surface area contributed by atoms with Crippen LogP contribution in [0.5, 0.6) is 0 Å². The van der Waals surface area contributed by atoms with Crippen LogP contribution in [0.3, 0.4) is 0 Å². The fraction of sp³-hybridized carbons (Fsp3) is 0.500. The van der Waals surface area contributed by atoms with Crippen molar-refractivity contribution in [2.24, 2.45) is 0 Å². The first-order valence-corrected chi connectivity index (χ1v) is 6.52. The summed E-state index contributed by atoms with van der Waals surface area (Å²) in [6.07, 6.45) is 5.12. The molecule has 6 nitrogen and oxygen atoms in total. The number of hydrogen-bond donors (Lipinski definition) is 0. The SMILES string of the molecule is O=CCCCN1CCN(c2ncc(Cl)cn2)CC1=O. The van der Waals surface area contributed by atoms with Gasteiger partial charge in [0.05, 0.1) is 24.0 Å². The maximum Gasteiger partial charge on any atom is 0.242 e. The summed E-state index contributed by atoms with van der Waals surface area (Å²) < 4.78 is 0. The van der Waals surface area contributed by atoms with Gasteiger partial charge in [-0.15, -0.1) is 0 Å². The van der Waals surface area contributed by atoms with E-state index in [1.807, 2.05) is 4.90 Å². The first-order valence-electron chi connectivity index (χ1n) is 6.14. The van der Waals surface area contributed by atoms with Crippen molar-refractivity contribution in [2.45, 2.75) is 12.8 Å². The first-order chi connectivity index (χ1) is 9.20. The Kier molecular flexibility index (Phi) is 4.68. The lowest BCUT2D eigenvalue weighted by Gasteiger charge is -2.34. The summed E-state index contributed by atoms with van der Waals surface area (Å²) in [5.74, 6) is 0.556. The molecule has 1 saturated heterocycles. The minimum Gasteiger partial charge on any atom is -0.339 e. The van der Waals surface area contributed by atoms with Crippen molar-refractivity contribution in [3.8, 4) is 0 Å². The van der Waals surface area contributed by atoms with E-state index in [-0.39, 0.29) is 12.5 Å². The van der Waals surface area contributed by atoms with Gasteiger partial charge in [0.25, 0.3) is 0 Å². The molecule has 1 fully saturated rings. The number of nitrogens with zero attached hydrogens (tertiary/aromatic N) is 4. The maximum atomic E-state index is 12.0. The average Bonchev–Trinajstić information content (AvgIpc) is 2.42. The number of halogens is 1. The van der Waals surface area contributed by atoms with Crippen LogP contribution < -0.4 is 4.90 Å². The van der Waals surface area contributed by atoms with Gasteiger partial charge in [0, 0.05) is 26.1 Å². The number of hydrogen-bond acceptors (Lipinski definition) is 5. The molecule has 1 aromatic heterocycles. The van der Waals surface area contributed by atoms with Gasteiger partial charge in [-0.25, -0.2) is 9.97 Å². The van der Waals surface area contributed by atoms with E-state index in [1.165, 1.54) is 12.4 Å². The largest absolute Gasteiger partial charge is 0.339 e. The maximum absolute atomic E-state index is 12.0. The molecule has 0 spiro atoms. The van der Waals surface area contributed by atoms with Gasteiger partial charge in [-0.05, 0) is 6.42 Å². The highest BCUT2D eigenvalue weighted by molar-refractivity contribution is 6.30. The summed E-state index contributed by atoms with van der Waals surface area (Å²) in [5.41, 5.74) is 0. The highest BCUT2D eigenvalue weighted by atomic mass is 35.5. The second-order valence-electron chi connectivity index (χ2n) is 4.31. The molecule has 1 aliphatic heterocycles. The van der Waals surface area contributed by atoms with E-state index in [9.17, 15) is 9.59 Å². The summed E-state index contributed by atoms with van der Waals surface area (Å²) in [7, 11) is 0. The quantitative estimate of drug-likeness (QED) is 0.589. The van der Waals surface area contributed by atoms with Gasteiger partial charge in [0.1, 0.15) is 6.29 Å². The van der Waals surface area contributed by atoms with Gasteiger partial charge in [0.2, 0.25) is 11.9 Å². The minimum absolute atomic E-state index is 0.0377. The van der Waals surface area contributed by atoms with Gasteiger partial charge < -0.3 is 14.6 Å². The molecule has 0 atom stereocenters. The van der Waals surface area contributed by atoms with Crippen molar-refractivity contribution in [1.29, 1.82) is 0 Å². The Morgan fingerprint density at radius 1 is 1.32 bits per heavy atom. The summed E-state index contributed by atoms with van der Waals surface area (Å²) >= 11 is 5.73. The third-order valence-electron chi connectivity index (χ3n) is 2.96. The molecule has 2 heterocycles. The predicted molar refractivity (Wildman–Crippen MR) is 71.1 cm³/mol. The molecule has 1 aliphatic rings. The number of carbonyl (C=O) groups excluding carboxylic acids is 2. The summed E-state index contributed by atoms with van der Waals surface area (Å²) in [6, 6.07) is 0. The number of rotatable bonds is 5. The van der Waals surface area contributed by atoms with Crippen LogP contribution in [0, 0.1) is 0 Å². The Morgan fingerprint density at radius 3 is 2.68 bits per heavy atom. The second-order valence-corrected chi connectivity index (χ2v) is 4.75. The number of carbonyl (C=O) groups is 2. The topological polar surface area (TPSA) is 66.4 Å². The average molecular weight is 283 g/mol. The fourth-order valence-corrected chi connectivity index (χ4v) is 2.05. The molecule has 0 bridgehead atoms. The van der Waals surface area contributed by atoms with E-state index >= 15 is 0 Å². The van der Waals surface area contributed by atoms with Crippen molar-refractivity contribution < 1.29 is 9.59 Å². The third kappa shape index (κ3) is 3.64. The number of aldehydes is 1. The molecule has 0 aliphatic carbocycles. The number of anilines is 1. The molecular formula is C12H15ClN4O2. The van der Waals surface area contributed by atoms with Gasteiger partial charge in [0.15, 0.2) is 0 Å². The van der Waals surface area contributed by atoms with Gasteiger partial charge in [-0.2, -0.15) is 0 Å². The fourth-order valence-electron chi connectivity index (χ4n) is 1.95. The molecule has 0 radical (unpaired) electrons. The lowest BCUT2D eigenvalue weighted by atomic mass is 10.2. The van der Waals surface area contributed by atoms with Crippen LogP contribution >= 0.6 is 11.6 Å². The van der Waals surface area contributed by atoms with Crippen LogP contribution in [0.15, 0.2) is 12.4 Å². The Hall–Kier alpha value is -1.69. The number of unbranched alkanes of at least 4 members (excludes halogenated alkanes) is 1. The van der Waals surface area contributed by atoms with Gasteiger partial charge in [-0.1, -0.05) is 11.6 Å². The molecule has 102 valence electrons. The Morgan fingerprint density at radius 2 is 2.05 bits per heavy atom. The second kappa shape index (κ2) is 6.47. The van der Waals surface area contributed by atoms with Gasteiger partial charge >= 0.3 is 0 Å². The number of aromatic nitrogens is 2. The highest BCUT2D eigenvalue weighted by Crippen LogP contribution is 2.13. The molecule has 1 amide bonds. The molecule has 0 saturated carbocycles. The zero-order valence-electron chi connectivity index (χ0n) is 10.5. The Bertz CT molecular complexity index is 452. The molecule has 0 N–H and O–H groups in total. The minimum atomic E-state index is 0.0377. The first kappa shape index (κ1) is 13.7. The van der Waals surface area contributed by atoms with Crippen molar-refractivity contribution in [3.05, 3.63) is 17.4 Å². The van der Waals surface area contributed by atoms with E-state index in [0.717, 1.165) is 6.29 Å². The molecule has 0 unspecified atom stereocenters. The lowest BCUT2D eigenvalue weighted by molar-refractivity contribution is -0.131. The Balaban J connectivity index is 1.90. The monoisotopic (exact) mass is 282 g/mol. The zero-order valence-corrected chi connectivity index (χ0v) is 11.2. The van der Waals surface area contributed by atoms with E-state index in [1.54, 1.807) is 4.90 Å². The van der Waals surface area contributed by atoms with Crippen LogP contribution in [0.2, 0.25) is 5.02 Å². The van der Waals surface area contributed by atoms with Crippen LogP contribution in [0.1, 0.15) is 12.8 Å². The lowest BCUT2D eigenvalue weighted by Crippen LogP contribution is -2.51. The molecule has 0 aromatic carbocycles. The normalized spacial score (nSPS) is 15.7. The van der Waals surface area contributed by atoms with E-state index in [0.29, 0.717) is 43.4 Å². The van der Waals surface area contributed by atoms with Crippen molar-refractivity contribution in [1.82, 2.24) is 14.9 Å². The van der Waals surface area contributed by atoms with Gasteiger partial charge in [-0.3, -0.25) is 4.79 Å². The number of piperazine rings is 1. The summed E-state index contributed by atoms with van der Waals surface area (Å²) in [6.45, 7) is 2.22. The molecule has 19 heavy (non-hydrogen) atoms. The smallest absolute Gasteiger partial charge is 0.242 e. The van der Waals surface area contributed by atoms with E-state index in [2.05, 4.69) is 9.97 Å². The van der Waals surface area contributed by atoms with E-state index < -0.39 is 0 Å². The Labute approximate surface area is 116 Å². The van der Waals surface area contributed by atoms with Crippen molar-refractivity contribution >= 4 is 29.7 Å². The van der Waals surface area contributed by atoms with Crippen LogP contribution in [0.25, 0.3) is 0 Å². The molecule has 1 aromatic rings. The third-order valence-corrected chi connectivity index (χ3v) is 3.15. The van der Waals surface area contributed by atoms with E-state index in [4.69, 9.17) is 11.6 Å². The number of amides is 1. The van der Waals surface area contributed by atoms with Crippen LogP contribution in [0.4, 0.5) is 5.95 Å². The standard InChI is InChI=1S/C12H15ClN4O2/c13-10-7-14-12(15-8-10)17-5-4-16(11(19)9-17)3-1-2-6-18/h6-8H,1-5,9H2. The van der Waals surface area contributed by atoms with Crippen LogP contribution in [-0.4, -0.2) is 53.2 Å². The summed E-state index contributed by atoms with van der Waals surface area (Å²) in [4.78, 5) is 34.0. The predicted octanol–water partition coefficient (Wildman–Crippen LogP) is 0.758. The molecule has 7 heteroatoms. The molecular weight excluding hydrogens is 268 g/mol. The van der Waals surface area contributed by atoms with Crippen molar-refractivity contribution in [3.63, 3.8) is 0 Å². The zero-order chi connectivity index (χ0) is 13.7.